The van der Waals surface area contributed by atoms with Crippen molar-refractivity contribution in [2.24, 2.45) is 0 Å². The Hall–Kier alpha value is -1.85. The molecule has 0 saturated heterocycles. The predicted octanol–water partition coefficient (Wildman–Crippen LogP) is 1.73. The summed E-state index contributed by atoms with van der Waals surface area (Å²) in [6.07, 6.45) is 3.02. The maximum atomic E-state index is 12.3. The van der Waals surface area contributed by atoms with Crippen molar-refractivity contribution in [3.05, 3.63) is 47.3 Å². The normalized spacial score (nSPS) is 12.6. The van der Waals surface area contributed by atoms with Crippen molar-refractivity contribution >= 4 is 18.3 Å². The van der Waals surface area contributed by atoms with Crippen molar-refractivity contribution in [3.8, 4) is 5.69 Å². The standard InChI is InChI=1S/C16H20N4O.ClH/c1-17-10-11-18-16(21)15-13-8-5-9-14(13)20(19-15)12-6-3-2-4-7-12;/h2-4,6-7,17H,5,8-11H2,1H3,(H,18,21);1H. The molecule has 1 heterocycles. The fraction of sp³-hybridized carbons (Fsp3) is 0.375. The number of hydrogen-bond acceptors (Lipinski definition) is 3. The van der Waals surface area contributed by atoms with E-state index in [4.69, 9.17) is 0 Å². The molecule has 1 aromatic carbocycles. The second-order valence-corrected chi connectivity index (χ2v) is 5.23. The first kappa shape index (κ1) is 16.5. The number of carbonyl (C=O) groups excluding carboxylic acids is 1. The maximum absolute atomic E-state index is 12.3. The quantitative estimate of drug-likeness (QED) is 0.825. The molecule has 1 amide bonds. The van der Waals surface area contributed by atoms with Gasteiger partial charge in [-0.2, -0.15) is 5.10 Å². The van der Waals surface area contributed by atoms with Crippen LogP contribution in [0.4, 0.5) is 0 Å². The number of nitrogens with one attached hydrogen (secondary N) is 2. The molecule has 5 nitrogen and oxygen atoms in total. The first-order valence-electron chi connectivity index (χ1n) is 7.40. The van der Waals surface area contributed by atoms with E-state index in [2.05, 4.69) is 15.7 Å². The van der Waals surface area contributed by atoms with Crippen LogP contribution >= 0.6 is 12.4 Å². The molecule has 0 spiro atoms. The largest absolute Gasteiger partial charge is 0.349 e. The van der Waals surface area contributed by atoms with Crippen molar-refractivity contribution in [3.63, 3.8) is 0 Å². The summed E-state index contributed by atoms with van der Waals surface area (Å²) in [6, 6.07) is 10.0. The topological polar surface area (TPSA) is 58.9 Å². The first-order valence-corrected chi connectivity index (χ1v) is 7.40. The lowest BCUT2D eigenvalue weighted by molar-refractivity contribution is 0.0948. The molecule has 1 aliphatic rings. The van der Waals surface area contributed by atoms with Gasteiger partial charge in [0.15, 0.2) is 5.69 Å². The molecular weight excluding hydrogens is 300 g/mol. The molecule has 1 aromatic heterocycles. The lowest BCUT2D eigenvalue weighted by Crippen LogP contribution is -2.31. The molecule has 0 saturated carbocycles. The van der Waals surface area contributed by atoms with Gasteiger partial charge in [0.05, 0.1) is 5.69 Å². The number of nitrogens with zero attached hydrogens (tertiary/aromatic N) is 2. The summed E-state index contributed by atoms with van der Waals surface area (Å²) in [5.41, 5.74) is 3.90. The number of likely N-dealkylation sites (N-methyl/N-ethyl adjacent to an activating group) is 1. The second kappa shape index (κ2) is 7.42. The lowest BCUT2D eigenvalue weighted by atomic mass is 10.2. The van der Waals surface area contributed by atoms with Crippen LogP contribution in [0.3, 0.4) is 0 Å². The van der Waals surface area contributed by atoms with Crippen molar-refractivity contribution in [2.45, 2.75) is 19.3 Å². The van der Waals surface area contributed by atoms with Crippen molar-refractivity contribution in [1.82, 2.24) is 20.4 Å². The van der Waals surface area contributed by atoms with Gasteiger partial charge < -0.3 is 10.6 Å². The summed E-state index contributed by atoms with van der Waals surface area (Å²) in [7, 11) is 1.87. The monoisotopic (exact) mass is 320 g/mol. The van der Waals surface area contributed by atoms with Crippen molar-refractivity contribution in [1.29, 1.82) is 0 Å². The van der Waals surface area contributed by atoms with Gasteiger partial charge >= 0.3 is 0 Å². The van der Waals surface area contributed by atoms with Crippen molar-refractivity contribution < 1.29 is 4.79 Å². The van der Waals surface area contributed by atoms with Crippen LogP contribution in [-0.2, 0) is 12.8 Å². The van der Waals surface area contributed by atoms with E-state index in [1.807, 2.05) is 42.1 Å². The number of carbonyl (C=O) groups is 1. The van der Waals surface area contributed by atoms with Crippen LogP contribution in [-0.4, -0.2) is 35.8 Å². The minimum Gasteiger partial charge on any atom is -0.349 e. The Morgan fingerprint density at radius 1 is 1.23 bits per heavy atom. The van der Waals surface area contributed by atoms with Crippen LogP contribution in [0.1, 0.15) is 28.2 Å². The summed E-state index contributed by atoms with van der Waals surface area (Å²) in [4.78, 5) is 12.3. The van der Waals surface area contributed by atoms with Crippen LogP contribution in [0.15, 0.2) is 30.3 Å². The Morgan fingerprint density at radius 3 is 2.73 bits per heavy atom. The number of benzene rings is 1. The molecule has 6 heteroatoms. The molecule has 0 bridgehead atoms. The van der Waals surface area contributed by atoms with E-state index >= 15 is 0 Å². The van der Waals surface area contributed by atoms with E-state index in [1.165, 1.54) is 5.69 Å². The average Bonchev–Trinajstić information content (AvgIpc) is 3.10. The highest BCUT2D eigenvalue weighted by Gasteiger charge is 2.26. The fourth-order valence-corrected chi connectivity index (χ4v) is 2.79. The molecule has 2 N–H and O–H groups in total. The minimum atomic E-state index is -0.0712. The third-order valence-corrected chi connectivity index (χ3v) is 3.81. The number of aromatic nitrogens is 2. The predicted molar refractivity (Wildman–Crippen MR) is 89.1 cm³/mol. The van der Waals surface area contributed by atoms with E-state index < -0.39 is 0 Å². The second-order valence-electron chi connectivity index (χ2n) is 5.23. The van der Waals surface area contributed by atoms with Gasteiger partial charge in [-0.25, -0.2) is 4.68 Å². The van der Waals surface area contributed by atoms with Crippen LogP contribution < -0.4 is 10.6 Å². The van der Waals surface area contributed by atoms with Gasteiger partial charge in [-0.3, -0.25) is 4.79 Å². The Kier molecular flexibility index (Phi) is 5.57. The number of para-hydroxylation sites is 1. The Balaban J connectivity index is 0.00000176. The molecule has 0 radical (unpaired) electrons. The third-order valence-electron chi connectivity index (χ3n) is 3.81. The van der Waals surface area contributed by atoms with E-state index in [0.29, 0.717) is 12.2 Å². The van der Waals surface area contributed by atoms with Gasteiger partial charge in [-0.05, 0) is 38.4 Å². The molecule has 22 heavy (non-hydrogen) atoms. The fourth-order valence-electron chi connectivity index (χ4n) is 2.79. The zero-order valence-corrected chi connectivity index (χ0v) is 13.4. The summed E-state index contributed by atoms with van der Waals surface area (Å²) in [5.74, 6) is -0.0712. The van der Waals surface area contributed by atoms with E-state index in [1.54, 1.807) is 0 Å². The molecule has 2 aromatic rings. The Morgan fingerprint density at radius 2 is 2.00 bits per heavy atom. The Labute approximate surface area is 136 Å². The van der Waals surface area contributed by atoms with Crippen LogP contribution in [0.5, 0.6) is 0 Å². The molecular formula is C16H21ClN4O. The smallest absolute Gasteiger partial charge is 0.272 e. The van der Waals surface area contributed by atoms with E-state index in [9.17, 15) is 4.79 Å². The van der Waals surface area contributed by atoms with Gasteiger partial charge in [0.2, 0.25) is 0 Å². The van der Waals surface area contributed by atoms with E-state index in [-0.39, 0.29) is 18.3 Å². The van der Waals surface area contributed by atoms with E-state index in [0.717, 1.165) is 37.1 Å². The SMILES string of the molecule is CNCCNC(=O)c1nn(-c2ccccc2)c2c1CCC2.Cl. The van der Waals surface area contributed by atoms with Gasteiger partial charge in [0.25, 0.3) is 5.91 Å². The van der Waals surface area contributed by atoms with Crippen LogP contribution in [0.25, 0.3) is 5.69 Å². The number of rotatable bonds is 5. The van der Waals surface area contributed by atoms with Gasteiger partial charge in [-0.15, -0.1) is 12.4 Å². The maximum Gasteiger partial charge on any atom is 0.272 e. The molecule has 0 atom stereocenters. The summed E-state index contributed by atoms with van der Waals surface area (Å²) < 4.78 is 1.93. The number of halogens is 1. The molecule has 118 valence electrons. The highest BCUT2D eigenvalue weighted by molar-refractivity contribution is 5.94. The molecule has 3 rings (SSSR count). The first-order chi connectivity index (χ1) is 10.3. The van der Waals surface area contributed by atoms with Gasteiger partial charge in [0.1, 0.15) is 0 Å². The molecule has 0 aliphatic heterocycles. The van der Waals surface area contributed by atoms with Gasteiger partial charge in [0, 0.05) is 24.3 Å². The number of hydrogen-bond donors (Lipinski definition) is 2. The summed E-state index contributed by atoms with van der Waals surface area (Å²) in [6.45, 7) is 1.37. The zero-order chi connectivity index (χ0) is 14.7. The number of fused-ring (bicyclic) bond motifs is 1. The number of amides is 1. The minimum absolute atomic E-state index is 0. The molecule has 0 fully saturated rings. The third kappa shape index (κ3) is 3.15. The summed E-state index contributed by atoms with van der Waals surface area (Å²) >= 11 is 0. The van der Waals surface area contributed by atoms with Crippen LogP contribution in [0, 0.1) is 0 Å². The summed E-state index contributed by atoms with van der Waals surface area (Å²) in [5, 5.41) is 10.5. The molecule has 1 aliphatic carbocycles. The highest BCUT2D eigenvalue weighted by Crippen LogP contribution is 2.27. The lowest BCUT2D eigenvalue weighted by Gasteiger charge is -2.05. The van der Waals surface area contributed by atoms with Crippen LogP contribution in [0.2, 0.25) is 0 Å². The van der Waals surface area contributed by atoms with Gasteiger partial charge in [-0.1, -0.05) is 18.2 Å². The highest BCUT2D eigenvalue weighted by atomic mass is 35.5. The average molecular weight is 321 g/mol. The van der Waals surface area contributed by atoms with Crippen molar-refractivity contribution in [2.75, 3.05) is 20.1 Å². The zero-order valence-electron chi connectivity index (χ0n) is 12.6. The Bertz CT molecular complexity index is 639. The molecule has 0 unspecified atom stereocenters.